The second kappa shape index (κ2) is 10.5. The van der Waals surface area contributed by atoms with E-state index in [0.29, 0.717) is 0 Å². The minimum absolute atomic E-state index is 0.907. The van der Waals surface area contributed by atoms with Gasteiger partial charge < -0.3 is 31.9 Å². The molecule has 6 nitrogen and oxygen atoms in total. The Morgan fingerprint density at radius 3 is 1.04 bits per heavy atom. The van der Waals surface area contributed by atoms with Crippen LogP contribution in [0.5, 0.6) is 0 Å². The lowest BCUT2D eigenvalue weighted by Gasteiger charge is -2.13. The molecule has 6 heteroatoms. The van der Waals surface area contributed by atoms with Gasteiger partial charge in [0.1, 0.15) is 0 Å². The highest BCUT2D eigenvalue weighted by molar-refractivity contribution is 5.57. The van der Waals surface area contributed by atoms with Gasteiger partial charge in [-0.2, -0.15) is 0 Å². The molecular formula is C20H30N6. The molecule has 0 aliphatic carbocycles. The van der Waals surface area contributed by atoms with Crippen molar-refractivity contribution >= 4 is 22.7 Å². The second-order valence-electron chi connectivity index (χ2n) is 6.37. The average Bonchev–Trinajstić information content (AvgIpc) is 2.66. The van der Waals surface area contributed by atoms with Gasteiger partial charge >= 0.3 is 0 Å². The fourth-order valence-electron chi connectivity index (χ4n) is 2.91. The summed E-state index contributed by atoms with van der Waals surface area (Å²) in [5.41, 5.74) is 4.60. The van der Waals surface area contributed by atoms with Crippen molar-refractivity contribution in [2.75, 3.05) is 73.6 Å². The van der Waals surface area contributed by atoms with Gasteiger partial charge in [0.25, 0.3) is 0 Å². The van der Waals surface area contributed by atoms with Crippen molar-refractivity contribution in [1.29, 1.82) is 0 Å². The number of benzene rings is 2. The number of hydrogen-bond donors (Lipinski definition) is 6. The molecule has 0 spiro atoms. The first-order valence-electron chi connectivity index (χ1n) is 9.47. The summed E-state index contributed by atoms with van der Waals surface area (Å²) >= 11 is 0. The Balaban J connectivity index is 1.53. The lowest BCUT2D eigenvalue weighted by atomic mass is 10.2. The second-order valence-corrected chi connectivity index (χ2v) is 6.37. The van der Waals surface area contributed by atoms with Crippen molar-refractivity contribution in [3.05, 3.63) is 48.5 Å². The van der Waals surface area contributed by atoms with Gasteiger partial charge in [0.2, 0.25) is 0 Å². The van der Waals surface area contributed by atoms with Crippen molar-refractivity contribution in [3.63, 3.8) is 0 Å². The van der Waals surface area contributed by atoms with E-state index in [1.54, 1.807) is 0 Å². The third kappa shape index (κ3) is 6.46. The normalized spacial score (nSPS) is 16.9. The predicted octanol–water partition coefficient (Wildman–Crippen LogP) is 2.23. The predicted molar refractivity (Wildman–Crippen MR) is 113 cm³/mol. The maximum Gasteiger partial charge on any atom is 0.0361 e. The van der Waals surface area contributed by atoms with Crippen LogP contribution in [0.1, 0.15) is 0 Å². The smallest absolute Gasteiger partial charge is 0.0361 e. The zero-order valence-corrected chi connectivity index (χ0v) is 15.3. The van der Waals surface area contributed by atoms with E-state index in [0.717, 1.165) is 75.1 Å². The van der Waals surface area contributed by atoms with Gasteiger partial charge in [-0.15, -0.1) is 0 Å². The summed E-state index contributed by atoms with van der Waals surface area (Å²) in [6.07, 6.45) is 0. The monoisotopic (exact) mass is 354 g/mol. The molecule has 26 heavy (non-hydrogen) atoms. The lowest BCUT2D eigenvalue weighted by molar-refractivity contribution is 0.717. The third-order valence-corrected chi connectivity index (χ3v) is 4.25. The Labute approximate surface area is 156 Å². The van der Waals surface area contributed by atoms with Crippen LogP contribution in [0.25, 0.3) is 0 Å². The Morgan fingerprint density at radius 2 is 0.731 bits per heavy atom. The summed E-state index contributed by atoms with van der Waals surface area (Å²) in [7, 11) is 0. The van der Waals surface area contributed by atoms with Crippen LogP contribution in [0.2, 0.25) is 0 Å². The zero-order valence-electron chi connectivity index (χ0n) is 15.3. The van der Waals surface area contributed by atoms with E-state index < -0.39 is 0 Å². The minimum atomic E-state index is 0.907. The molecule has 1 heterocycles. The van der Waals surface area contributed by atoms with E-state index in [-0.39, 0.29) is 0 Å². The van der Waals surface area contributed by atoms with Crippen molar-refractivity contribution in [2.24, 2.45) is 0 Å². The van der Waals surface area contributed by atoms with Crippen LogP contribution in [-0.2, 0) is 0 Å². The molecular weight excluding hydrogens is 324 g/mol. The van der Waals surface area contributed by atoms with Crippen LogP contribution in [0, 0.1) is 0 Å². The first-order valence-corrected chi connectivity index (χ1v) is 9.47. The van der Waals surface area contributed by atoms with Crippen LogP contribution < -0.4 is 31.9 Å². The summed E-state index contributed by atoms with van der Waals surface area (Å²) in [6.45, 7) is 7.37. The largest absolute Gasteiger partial charge is 0.384 e. The first kappa shape index (κ1) is 18.4. The minimum Gasteiger partial charge on any atom is -0.384 e. The molecule has 1 aliphatic heterocycles. The highest BCUT2D eigenvalue weighted by Crippen LogP contribution is 2.15. The van der Waals surface area contributed by atoms with Crippen molar-refractivity contribution in [1.82, 2.24) is 10.6 Å². The fourth-order valence-corrected chi connectivity index (χ4v) is 2.91. The highest BCUT2D eigenvalue weighted by atomic mass is 15.0. The Hall–Kier alpha value is -2.44. The van der Waals surface area contributed by atoms with E-state index in [1.165, 1.54) is 0 Å². The molecule has 140 valence electrons. The quantitative estimate of drug-likeness (QED) is 0.436. The topological polar surface area (TPSA) is 72.2 Å². The summed E-state index contributed by atoms with van der Waals surface area (Å²) in [5.74, 6) is 0. The standard InChI is InChI=1S/C20H30N6/c1-3-17-15-18(4-1)24-12-8-22-10-14-26-20-6-2-5-19(16-20)25-13-9-21-7-11-23-17/h1-6,15-16,21-26H,7-14H2. The van der Waals surface area contributed by atoms with E-state index in [2.05, 4.69) is 80.4 Å². The summed E-state index contributed by atoms with van der Waals surface area (Å²) in [4.78, 5) is 0. The summed E-state index contributed by atoms with van der Waals surface area (Å²) < 4.78 is 0. The molecule has 4 bridgehead atoms. The fraction of sp³-hybridized carbons (Fsp3) is 0.400. The maximum absolute atomic E-state index is 3.47. The Kier molecular flexibility index (Phi) is 7.43. The van der Waals surface area contributed by atoms with E-state index in [1.807, 2.05) is 0 Å². The van der Waals surface area contributed by atoms with Gasteiger partial charge in [-0.1, -0.05) is 12.1 Å². The van der Waals surface area contributed by atoms with Crippen molar-refractivity contribution in [3.8, 4) is 0 Å². The van der Waals surface area contributed by atoms with Crippen LogP contribution >= 0.6 is 0 Å². The molecule has 1 aliphatic rings. The van der Waals surface area contributed by atoms with E-state index >= 15 is 0 Å². The molecule has 6 N–H and O–H groups in total. The Morgan fingerprint density at radius 1 is 0.423 bits per heavy atom. The molecule has 3 rings (SSSR count). The number of anilines is 4. The number of rotatable bonds is 0. The van der Waals surface area contributed by atoms with Gasteiger partial charge in [-0.3, -0.25) is 0 Å². The summed E-state index contributed by atoms with van der Waals surface area (Å²) in [5, 5.41) is 20.8. The highest BCUT2D eigenvalue weighted by Gasteiger charge is 1.98. The van der Waals surface area contributed by atoms with Gasteiger partial charge in [0.15, 0.2) is 0 Å². The van der Waals surface area contributed by atoms with Gasteiger partial charge in [-0.05, 0) is 36.4 Å². The van der Waals surface area contributed by atoms with Gasteiger partial charge in [0, 0.05) is 75.1 Å². The molecule has 0 radical (unpaired) electrons. The number of fused-ring (bicyclic) bond motifs is 4. The molecule has 2 aromatic carbocycles. The van der Waals surface area contributed by atoms with Crippen LogP contribution in [0.3, 0.4) is 0 Å². The number of hydrogen-bond acceptors (Lipinski definition) is 6. The Bertz CT molecular complexity index is 556. The molecule has 0 unspecified atom stereocenters. The number of nitrogens with one attached hydrogen (secondary N) is 6. The molecule has 0 fully saturated rings. The zero-order chi connectivity index (χ0) is 17.9. The molecule has 0 saturated heterocycles. The lowest BCUT2D eigenvalue weighted by Crippen LogP contribution is -2.28. The van der Waals surface area contributed by atoms with E-state index in [9.17, 15) is 0 Å². The van der Waals surface area contributed by atoms with Crippen molar-refractivity contribution < 1.29 is 0 Å². The van der Waals surface area contributed by atoms with Crippen molar-refractivity contribution in [2.45, 2.75) is 0 Å². The summed E-state index contributed by atoms with van der Waals surface area (Å²) in [6, 6.07) is 16.9. The van der Waals surface area contributed by atoms with E-state index in [4.69, 9.17) is 0 Å². The van der Waals surface area contributed by atoms with Gasteiger partial charge in [-0.25, -0.2) is 0 Å². The third-order valence-electron chi connectivity index (χ3n) is 4.25. The molecule has 0 atom stereocenters. The van der Waals surface area contributed by atoms with Crippen LogP contribution in [-0.4, -0.2) is 52.4 Å². The molecule has 2 aromatic rings. The molecule has 0 amide bonds. The first-order chi connectivity index (χ1) is 12.9. The maximum atomic E-state index is 3.47. The SMILES string of the molecule is c1cc2cc(c1)NCCNCCNc1cccc(c1)NCCNCCN2. The average molecular weight is 355 g/mol. The molecule has 0 aromatic heterocycles. The molecule has 0 saturated carbocycles. The van der Waals surface area contributed by atoms with Gasteiger partial charge in [0.05, 0.1) is 0 Å². The van der Waals surface area contributed by atoms with Crippen LogP contribution in [0.15, 0.2) is 48.5 Å². The van der Waals surface area contributed by atoms with Crippen LogP contribution in [0.4, 0.5) is 22.7 Å².